The molecule has 136 valence electrons. The van der Waals surface area contributed by atoms with Crippen molar-refractivity contribution < 1.29 is 14.4 Å². The van der Waals surface area contributed by atoms with Crippen LogP contribution in [0, 0.1) is 0 Å². The average Bonchev–Trinajstić information content (AvgIpc) is 2.60. The zero-order valence-electron chi connectivity index (χ0n) is 15.0. The molecule has 0 spiro atoms. The van der Waals surface area contributed by atoms with Crippen LogP contribution < -0.4 is 16.0 Å². The quantitative estimate of drug-likeness (QED) is 0.743. The zero-order chi connectivity index (χ0) is 19.1. The van der Waals surface area contributed by atoms with E-state index in [1.165, 1.54) is 11.8 Å². The molecule has 0 aromatic heterocycles. The Labute approximate surface area is 152 Å². The third kappa shape index (κ3) is 5.62. The Morgan fingerprint density at radius 3 is 2.08 bits per heavy atom. The van der Waals surface area contributed by atoms with E-state index in [9.17, 15) is 14.4 Å². The lowest BCUT2D eigenvalue weighted by Gasteiger charge is -2.12. The normalized spacial score (nSPS) is 9.96. The number of amides is 3. The van der Waals surface area contributed by atoms with E-state index in [4.69, 9.17) is 0 Å². The number of rotatable bonds is 6. The Bertz CT molecular complexity index is 801. The van der Waals surface area contributed by atoms with E-state index in [1.54, 1.807) is 62.6 Å². The maximum atomic E-state index is 12.1. The summed E-state index contributed by atoms with van der Waals surface area (Å²) >= 11 is 0. The van der Waals surface area contributed by atoms with Crippen LogP contribution in [0.15, 0.2) is 48.5 Å². The van der Waals surface area contributed by atoms with E-state index in [-0.39, 0.29) is 24.3 Å². The minimum absolute atomic E-state index is 0.0626. The smallest absolute Gasteiger partial charge is 0.253 e. The Balaban J connectivity index is 1.90. The molecule has 0 atom stereocenters. The van der Waals surface area contributed by atoms with Gasteiger partial charge in [-0.05, 0) is 42.5 Å². The van der Waals surface area contributed by atoms with Gasteiger partial charge in [-0.25, -0.2) is 0 Å². The van der Waals surface area contributed by atoms with Gasteiger partial charge < -0.3 is 20.9 Å². The van der Waals surface area contributed by atoms with E-state index >= 15 is 0 Å². The van der Waals surface area contributed by atoms with Crippen LogP contribution in [0.3, 0.4) is 0 Å². The second kappa shape index (κ2) is 8.66. The van der Waals surface area contributed by atoms with Gasteiger partial charge in [0.25, 0.3) is 5.91 Å². The molecule has 0 saturated carbocycles. The van der Waals surface area contributed by atoms with Gasteiger partial charge in [-0.1, -0.05) is 6.07 Å². The molecule has 0 unspecified atom stereocenters. The summed E-state index contributed by atoms with van der Waals surface area (Å²) in [4.78, 5) is 36.5. The lowest BCUT2D eigenvalue weighted by Crippen LogP contribution is -2.23. The monoisotopic (exact) mass is 354 g/mol. The third-order valence-corrected chi connectivity index (χ3v) is 3.46. The van der Waals surface area contributed by atoms with Crippen LogP contribution in [0.5, 0.6) is 0 Å². The highest BCUT2D eigenvalue weighted by molar-refractivity contribution is 5.96. The van der Waals surface area contributed by atoms with Crippen molar-refractivity contribution in [3.63, 3.8) is 0 Å². The molecule has 0 heterocycles. The van der Waals surface area contributed by atoms with Crippen molar-refractivity contribution >= 4 is 34.8 Å². The summed E-state index contributed by atoms with van der Waals surface area (Å²) in [5.41, 5.74) is 2.53. The zero-order valence-corrected chi connectivity index (χ0v) is 15.0. The van der Waals surface area contributed by atoms with Gasteiger partial charge in [0.15, 0.2) is 0 Å². The predicted octanol–water partition coefficient (Wildman–Crippen LogP) is 2.40. The fraction of sp³-hybridized carbons (Fsp3) is 0.211. The summed E-state index contributed by atoms with van der Waals surface area (Å²) in [5.74, 6) is -0.472. The van der Waals surface area contributed by atoms with Crippen LogP contribution in [0.1, 0.15) is 17.3 Å². The van der Waals surface area contributed by atoms with Crippen molar-refractivity contribution in [3.8, 4) is 0 Å². The van der Waals surface area contributed by atoms with Crippen LogP contribution in [-0.2, 0) is 9.59 Å². The number of hydrogen-bond acceptors (Lipinski definition) is 4. The number of nitrogens with zero attached hydrogens (tertiary/aromatic N) is 1. The van der Waals surface area contributed by atoms with Crippen molar-refractivity contribution in [3.05, 3.63) is 54.1 Å². The molecule has 0 saturated heterocycles. The molecule has 0 radical (unpaired) electrons. The first kappa shape index (κ1) is 19.0. The number of carbonyl (C=O) groups is 3. The van der Waals surface area contributed by atoms with Crippen LogP contribution >= 0.6 is 0 Å². The Kier molecular flexibility index (Phi) is 6.32. The largest absolute Gasteiger partial charge is 0.376 e. The molecule has 0 aliphatic heterocycles. The third-order valence-electron chi connectivity index (χ3n) is 3.46. The molecule has 0 aliphatic carbocycles. The predicted molar refractivity (Wildman–Crippen MR) is 102 cm³/mol. The topological polar surface area (TPSA) is 90.5 Å². The van der Waals surface area contributed by atoms with Gasteiger partial charge in [-0.15, -0.1) is 0 Å². The van der Waals surface area contributed by atoms with Crippen LogP contribution in [0.2, 0.25) is 0 Å². The number of benzene rings is 2. The molecular formula is C19H22N4O3. The number of carbonyl (C=O) groups excluding carboxylic acids is 3. The first-order valence-electron chi connectivity index (χ1n) is 8.08. The minimum atomic E-state index is -0.221. The molecule has 2 rings (SSSR count). The molecule has 2 aromatic carbocycles. The van der Waals surface area contributed by atoms with Crippen LogP contribution in [0.25, 0.3) is 0 Å². The number of anilines is 3. The van der Waals surface area contributed by atoms with Gasteiger partial charge in [-0.3, -0.25) is 14.4 Å². The molecule has 7 nitrogen and oxygen atoms in total. The van der Waals surface area contributed by atoms with Gasteiger partial charge in [0.05, 0.1) is 6.54 Å². The van der Waals surface area contributed by atoms with Crippen LogP contribution in [0.4, 0.5) is 17.1 Å². The van der Waals surface area contributed by atoms with Crippen molar-refractivity contribution in [1.82, 2.24) is 4.90 Å². The first-order valence-corrected chi connectivity index (χ1v) is 8.08. The summed E-state index contributed by atoms with van der Waals surface area (Å²) < 4.78 is 0. The van der Waals surface area contributed by atoms with Crippen LogP contribution in [-0.4, -0.2) is 43.3 Å². The second-order valence-electron chi connectivity index (χ2n) is 5.94. The highest BCUT2D eigenvalue weighted by Gasteiger charge is 2.09. The molecule has 0 aliphatic rings. The fourth-order valence-corrected chi connectivity index (χ4v) is 2.25. The van der Waals surface area contributed by atoms with Gasteiger partial charge >= 0.3 is 0 Å². The van der Waals surface area contributed by atoms with E-state index in [0.717, 1.165) is 0 Å². The molecule has 7 heteroatoms. The molecule has 3 amide bonds. The summed E-state index contributed by atoms with van der Waals surface area (Å²) in [6, 6.07) is 13.8. The first-order chi connectivity index (χ1) is 12.3. The molecule has 26 heavy (non-hydrogen) atoms. The van der Waals surface area contributed by atoms with Crippen molar-refractivity contribution in [2.24, 2.45) is 0 Å². The van der Waals surface area contributed by atoms with Gasteiger partial charge in [-0.2, -0.15) is 0 Å². The Hall–Kier alpha value is -3.35. The number of nitrogens with one attached hydrogen (secondary N) is 3. The average molecular weight is 354 g/mol. The Morgan fingerprint density at radius 1 is 0.885 bits per heavy atom. The van der Waals surface area contributed by atoms with E-state index < -0.39 is 0 Å². The van der Waals surface area contributed by atoms with Crippen molar-refractivity contribution in [2.75, 3.05) is 36.6 Å². The molecule has 0 bridgehead atoms. The van der Waals surface area contributed by atoms with Gasteiger partial charge in [0, 0.05) is 43.6 Å². The fourth-order valence-electron chi connectivity index (χ4n) is 2.25. The Morgan fingerprint density at radius 2 is 1.50 bits per heavy atom. The summed E-state index contributed by atoms with van der Waals surface area (Å²) in [5, 5.41) is 8.41. The van der Waals surface area contributed by atoms with E-state index in [2.05, 4.69) is 16.0 Å². The lowest BCUT2D eigenvalue weighted by molar-refractivity contribution is -0.115. The summed E-state index contributed by atoms with van der Waals surface area (Å²) in [7, 11) is 3.38. The SMILES string of the molecule is CC(=O)Nc1ccc(NC(=O)CNc2cccc(C(=O)N(C)C)c2)cc1. The van der Waals surface area contributed by atoms with E-state index in [1.807, 2.05) is 0 Å². The second-order valence-corrected chi connectivity index (χ2v) is 5.94. The summed E-state index contributed by atoms with van der Waals surface area (Å²) in [6.45, 7) is 1.50. The van der Waals surface area contributed by atoms with E-state index in [0.29, 0.717) is 22.6 Å². The highest BCUT2D eigenvalue weighted by Crippen LogP contribution is 2.14. The minimum Gasteiger partial charge on any atom is -0.376 e. The van der Waals surface area contributed by atoms with Gasteiger partial charge in [0.1, 0.15) is 0 Å². The molecule has 2 aromatic rings. The van der Waals surface area contributed by atoms with Crippen molar-refractivity contribution in [2.45, 2.75) is 6.92 Å². The van der Waals surface area contributed by atoms with Gasteiger partial charge in [0.2, 0.25) is 11.8 Å². The molecule has 0 fully saturated rings. The maximum absolute atomic E-state index is 12.1. The maximum Gasteiger partial charge on any atom is 0.253 e. The lowest BCUT2D eigenvalue weighted by atomic mass is 10.2. The molecule has 3 N–H and O–H groups in total. The molecular weight excluding hydrogens is 332 g/mol. The highest BCUT2D eigenvalue weighted by atomic mass is 16.2. The standard InChI is InChI=1S/C19H22N4O3/c1-13(24)21-15-7-9-16(10-8-15)22-18(25)12-20-17-6-4-5-14(11-17)19(26)23(2)3/h4-11,20H,12H2,1-3H3,(H,21,24)(H,22,25). The van der Waals surface area contributed by atoms with Crippen molar-refractivity contribution in [1.29, 1.82) is 0 Å². The number of hydrogen-bond donors (Lipinski definition) is 3. The summed E-state index contributed by atoms with van der Waals surface area (Å²) in [6.07, 6.45) is 0.